The lowest BCUT2D eigenvalue weighted by Gasteiger charge is -2.39. The number of piperazine rings is 1. The van der Waals surface area contributed by atoms with E-state index in [1.165, 1.54) is 0 Å². The number of carbonyl (C=O) groups is 4. The number of amides is 4. The van der Waals surface area contributed by atoms with E-state index >= 15 is 8.78 Å². The number of ether oxygens (including phenoxy) is 1. The first-order valence-corrected chi connectivity index (χ1v) is 20.4. The summed E-state index contributed by atoms with van der Waals surface area (Å²) < 4.78 is 110. The zero-order valence-electron chi connectivity index (χ0n) is 40.6. The van der Waals surface area contributed by atoms with Crippen molar-refractivity contribution < 1.29 is 43.7 Å². The van der Waals surface area contributed by atoms with Crippen molar-refractivity contribution >= 4 is 52.1 Å². The molecule has 4 amide bonds. The predicted molar refractivity (Wildman–Crippen MR) is 227 cm³/mol. The van der Waals surface area contributed by atoms with Gasteiger partial charge in [-0.05, 0) is 90.7 Å². The topological polar surface area (TPSA) is 102 Å². The Morgan fingerprint density at radius 1 is 0.800 bits per heavy atom. The summed E-state index contributed by atoms with van der Waals surface area (Å²) in [4.78, 5) is 53.7. The third-order valence-corrected chi connectivity index (χ3v) is 11.4. The smallest absolute Gasteiger partial charge is 0.265 e. The summed E-state index contributed by atoms with van der Waals surface area (Å²) in [7, 11) is 0. The maximum atomic E-state index is 16.6. The van der Waals surface area contributed by atoms with Crippen LogP contribution in [0.25, 0.3) is 11.1 Å². The van der Waals surface area contributed by atoms with Crippen LogP contribution in [-0.4, -0.2) is 109 Å². The molecule has 1 atom stereocenters. The van der Waals surface area contributed by atoms with Crippen LogP contribution in [-0.2, 0) is 9.59 Å². The van der Waals surface area contributed by atoms with E-state index in [9.17, 15) is 19.2 Å². The average molecular weight is 844 g/mol. The van der Waals surface area contributed by atoms with Gasteiger partial charge in [0.15, 0.2) is 5.82 Å². The van der Waals surface area contributed by atoms with E-state index in [0.29, 0.717) is 73.0 Å². The first-order chi connectivity index (χ1) is 32.2. The van der Waals surface area contributed by atoms with Crippen molar-refractivity contribution in [1.82, 2.24) is 20.0 Å². The molecule has 60 heavy (non-hydrogen) atoms. The van der Waals surface area contributed by atoms with Gasteiger partial charge in [-0.3, -0.25) is 39.2 Å². The number of hydrogen-bond donors (Lipinski definition) is 1. The molecule has 13 heteroatoms. The van der Waals surface area contributed by atoms with Crippen LogP contribution in [0.4, 0.5) is 14.5 Å². The molecule has 4 aromatic carbocycles. The summed E-state index contributed by atoms with van der Waals surface area (Å²) in [6.07, 6.45) is 0.888. The Kier molecular flexibility index (Phi) is 9.95. The number of anilines is 1. The maximum absolute atomic E-state index is 16.6. The van der Waals surface area contributed by atoms with E-state index < -0.39 is 96.6 Å². The van der Waals surface area contributed by atoms with Crippen molar-refractivity contribution in [1.29, 1.82) is 0 Å². The Hall–Kier alpha value is -5.43. The number of allylic oxidation sites excluding steroid dienone is 1. The summed E-state index contributed by atoms with van der Waals surface area (Å²) in [5.41, 5.74) is 1.73. The van der Waals surface area contributed by atoms with Gasteiger partial charge in [0.25, 0.3) is 11.8 Å². The van der Waals surface area contributed by atoms with Gasteiger partial charge in [-0.1, -0.05) is 72.8 Å². The Morgan fingerprint density at radius 2 is 1.45 bits per heavy atom. The van der Waals surface area contributed by atoms with Crippen LogP contribution in [0.5, 0.6) is 5.75 Å². The number of carbonyl (C=O) groups excluding carboxylic acids is 4. The number of nitrogens with zero attached hydrogens (tertiary/aromatic N) is 4. The lowest BCUT2D eigenvalue weighted by atomic mass is 9.88. The number of hydrogen-bond acceptors (Lipinski definition) is 8. The number of nitrogens with one attached hydrogen (secondary N) is 1. The van der Waals surface area contributed by atoms with E-state index in [1.807, 2.05) is 66.0 Å². The van der Waals surface area contributed by atoms with Crippen LogP contribution in [0.3, 0.4) is 0 Å². The molecule has 312 valence electrons. The van der Waals surface area contributed by atoms with Crippen LogP contribution in [0.1, 0.15) is 80.5 Å². The Bertz CT molecular complexity index is 2610. The Labute approximate surface area is 365 Å². The van der Waals surface area contributed by atoms with Gasteiger partial charge in [0, 0.05) is 56.9 Å². The second-order valence-electron chi connectivity index (χ2n) is 15.0. The molecule has 0 spiro atoms. The number of benzene rings is 4. The van der Waals surface area contributed by atoms with Crippen molar-refractivity contribution in [2.45, 2.75) is 38.1 Å². The van der Waals surface area contributed by atoms with Crippen LogP contribution < -0.4 is 15.0 Å². The highest BCUT2D eigenvalue weighted by Crippen LogP contribution is 2.38. The fourth-order valence-electron chi connectivity index (χ4n) is 8.15. The second kappa shape index (κ2) is 18.5. The number of halogens is 3. The van der Waals surface area contributed by atoms with Gasteiger partial charge < -0.3 is 9.64 Å². The fraction of sp³-hybridized carbons (Fsp3) is 0.362. The van der Waals surface area contributed by atoms with Gasteiger partial charge in [0.2, 0.25) is 11.8 Å². The SMILES string of the molecule is [2H]C1([2H])N(CC2CCN(CCOc3ccc(C(=C(CCCl)c4ccccc4)c4ccccc4)cc3)CC2)C([2H])([2H])C([2H])([2H])N(c2c(F)cc3c(c2F)C(=O)N(C2CCC(=O)NC2=O)C3=O)C1([2H])[2H]. The normalized spacial score (nSPS) is 25.0. The quantitative estimate of drug-likeness (QED) is 0.0886. The van der Waals surface area contributed by atoms with Crippen LogP contribution >= 0.6 is 11.6 Å². The van der Waals surface area contributed by atoms with Gasteiger partial charge in [0.05, 0.1) is 16.6 Å². The van der Waals surface area contributed by atoms with Crippen molar-refractivity contribution in [2.75, 3.05) is 69.6 Å². The lowest BCUT2D eigenvalue weighted by molar-refractivity contribution is -0.136. The van der Waals surface area contributed by atoms with E-state index in [1.54, 1.807) is 0 Å². The largest absolute Gasteiger partial charge is 0.492 e. The Morgan fingerprint density at radius 3 is 2.10 bits per heavy atom. The van der Waals surface area contributed by atoms with Crippen molar-refractivity contribution in [3.05, 3.63) is 130 Å². The maximum Gasteiger partial charge on any atom is 0.265 e. The number of alkyl halides is 1. The summed E-state index contributed by atoms with van der Waals surface area (Å²) in [5.74, 6) is -7.51. The van der Waals surface area contributed by atoms with Crippen molar-refractivity contribution in [2.24, 2.45) is 5.92 Å². The highest BCUT2D eigenvalue weighted by molar-refractivity contribution is 6.24. The molecule has 3 fully saturated rings. The summed E-state index contributed by atoms with van der Waals surface area (Å²) >= 11 is 6.31. The highest BCUT2D eigenvalue weighted by Gasteiger charge is 2.47. The minimum Gasteiger partial charge on any atom is -0.492 e. The van der Waals surface area contributed by atoms with E-state index in [-0.39, 0.29) is 17.7 Å². The van der Waals surface area contributed by atoms with Crippen molar-refractivity contribution in [3.8, 4) is 5.75 Å². The van der Waals surface area contributed by atoms with Gasteiger partial charge in [-0.2, -0.15) is 0 Å². The third-order valence-electron chi connectivity index (χ3n) is 11.2. The summed E-state index contributed by atoms with van der Waals surface area (Å²) in [5, 5.41) is 1.97. The number of fused-ring (bicyclic) bond motifs is 1. The fourth-order valence-corrected chi connectivity index (χ4v) is 8.34. The van der Waals surface area contributed by atoms with Gasteiger partial charge in [-0.25, -0.2) is 8.78 Å². The molecular formula is C47H48ClF2N5O5. The molecule has 4 aliphatic rings. The number of imide groups is 2. The molecule has 10 nitrogen and oxygen atoms in total. The molecule has 0 aliphatic carbocycles. The molecule has 0 radical (unpaired) electrons. The molecule has 8 rings (SSSR count). The molecule has 1 N–H and O–H groups in total. The van der Waals surface area contributed by atoms with Crippen LogP contribution in [0.2, 0.25) is 0 Å². The minimum atomic E-state index is -3.70. The highest BCUT2D eigenvalue weighted by atomic mass is 35.5. The number of likely N-dealkylation sites (tertiary alicyclic amines) is 1. The zero-order chi connectivity index (χ0) is 48.9. The molecule has 0 bridgehead atoms. The second-order valence-corrected chi connectivity index (χ2v) is 15.3. The van der Waals surface area contributed by atoms with E-state index in [0.717, 1.165) is 27.8 Å². The molecular weight excluding hydrogens is 788 g/mol. The van der Waals surface area contributed by atoms with Crippen molar-refractivity contribution in [3.63, 3.8) is 0 Å². The van der Waals surface area contributed by atoms with E-state index in [4.69, 9.17) is 27.3 Å². The monoisotopic (exact) mass is 843 g/mol. The summed E-state index contributed by atoms with van der Waals surface area (Å²) in [6, 6.07) is 26.9. The summed E-state index contributed by atoms with van der Waals surface area (Å²) in [6.45, 7) is -12.9. The number of piperidine rings is 2. The van der Waals surface area contributed by atoms with Crippen LogP contribution in [0.15, 0.2) is 91.0 Å². The minimum absolute atomic E-state index is 0.270. The van der Waals surface area contributed by atoms with Crippen LogP contribution in [0, 0.1) is 17.6 Å². The number of rotatable bonds is 13. The molecule has 4 heterocycles. The zero-order valence-corrected chi connectivity index (χ0v) is 33.3. The first-order valence-electron chi connectivity index (χ1n) is 23.9. The Balaban J connectivity index is 0.929. The van der Waals surface area contributed by atoms with E-state index in [2.05, 4.69) is 29.2 Å². The third kappa shape index (κ3) is 8.73. The predicted octanol–water partition coefficient (Wildman–Crippen LogP) is 6.87. The van der Waals surface area contributed by atoms with Gasteiger partial charge >= 0.3 is 0 Å². The molecule has 4 aliphatic heterocycles. The average Bonchev–Trinajstić information content (AvgIpc) is 3.55. The standard InChI is InChI=1S/C47H48ClF2N5O5/c48-20-17-36(32-7-3-1-4-8-32)41(33-9-5-2-6-10-33)34-11-13-35(14-12-34)60-28-27-52-21-18-31(19-22-52)30-53-23-25-54(26-24-53)44-38(49)29-37-42(43(44)50)47(59)55(46(37)58)39-15-16-40(56)51-45(39)57/h1-14,29,31,39H,15-28,30H2,(H,51,56,57)/i23D2,24D2,25D2,26D2. The van der Waals surface area contributed by atoms with Gasteiger partial charge in [0.1, 0.15) is 29.9 Å². The lowest BCUT2D eigenvalue weighted by Crippen LogP contribution is -2.54. The molecule has 3 saturated heterocycles. The van der Waals surface area contributed by atoms with Gasteiger partial charge in [-0.15, -0.1) is 11.6 Å². The molecule has 1 unspecified atom stereocenters. The molecule has 0 aromatic heterocycles. The first kappa shape index (κ1) is 32.4. The molecule has 4 aromatic rings. The molecule has 0 saturated carbocycles.